The molecule has 9 rings (SSSR count). The van der Waals surface area contributed by atoms with Gasteiger partial charge in [-0.25, -0.2) is 0 Å². The zero-order chi connectivity index (χ0) is 46.4. The molecule has 3 aromatic heterocycles. The van der Waals surface area contributed by atoms with Crippen molar-refractivity contribution in [3.8, 4) is 103 Å². The summed E-state index contributed by atoms with van der Waals surface area (Å²) < 4.78 is 5.12. The summed E-state index contributed by atoms with van der Waals surface area (Å²) in [7, 11) is 0. The average molecular weight is 2690 g/mol. The van der Waals surface area contributed by atoms with Crippen molar-refractivity contribution in [1.82, 2.24) is 9.97 Å². The summed E-state index contributed by atoms with van der Waals surface area (Å²) in [6.07, 6.45) is 0. The van der Waals surface area contributed by atoms with E-state index in [4.69, 9.17) is 4.42 Å². The number of H-pyrrole nitrogens is 2. The van der Waals surface area contributed by atoms with Crippen molar-refractivity contribution in [1.29, 1.82) is 0 Å². The number of hydrogen-bond acceptors (Lipinski definition) is 22. The third-order valence-corrected chi connectivity index (χ3v) is 9.60. The SMILES string of the molecule is O=c1c2cc(O)c(O)c(O)c2[nH]c2c(O)c(O)c(O)cc12.O=c1c2cc(O)c(O)c(O)c2[nH]c2c(O)c(O)c(O)cc12.O=c1c2cc(O)c(O)c(O)c2oc2c(O)c(O)c(O)cc12.[Ac].[Ac].[Ac].[Ac].[Ac].[Ac].[Ac].[Ac]. The van der Waals surface area contributed by atoms with Crippen LogP contribution in [0.4, 0.5) is 0 Å². The van der Waals surface area contributed by atoms with E-state index >= 15 is 0 Å². The fraction of sp³-hybridized carbons (Fsp3) is 0. The molecule has 0 bridgehead atoms. The van der Waals surface area contributed by atoms with Gasteiger partial charge in [0.25, 0.3) is 0 Å². The normalized spacial score (nSPS) is 9.97. The number of benzene rings is 6. The summed E-state index contributed by atoms with van der Waals surface area (Å²) >= 11 is 0. The van der Waals surface area contributed by atoms with Gasteiger partial charge >= 0.3 is 0 Å². The Balaban J connectivity index is 0. The second-order valence-corrected chi connectivity index (χ2v) is 13.3. The Hall–Kier alpha value is 1.66. The topological polar surface area (TPSA) is 460 Å². The molecule has 6 aromatic carbocycles. The average Bonchev–Trinajstić information content (AvgIpc) is 3.25. The number of phenolic OH excluding ortho intramolecular Hbond substituents is 18. The maximum Gasteiger partial charge on any atom is 0.205 e. The van der Waals surface area contributed by atoms with Gasteiger partial charge in [-0.3, -0.25) is 14.4 Å². The molecule has 0 saturated heterocycles. The molecule has 348 valence electrons. The number of aromatic amines is 2. The molecule has 0 aliphatic rings. The second-order valence-electron chi connectivity index (χ2n) is 13.3. The van der Waals surface area contributed by atoms with Crippen LogP contribution in [0.2, 0.25) is 0 Å². The van der Waals surface area contributed by atoms with E-state index in [1.54, 1.807) is 0 Å². The van der Waals surface area contributed by atoms with E-state index in [2.05, 4.69) is 9.97 Å². The Morgan fingerprint density at radius 2 is 0.423 bits per heavy atom. The van der Waals surface area contributed by atoms with E-state index in [9.17, 15) is 106 Å². The van der Waals surface area contributed by atoms with E-state index in [0.717, 1.165) is 36.4 Å². The van der Waals surface area contributed by atoms with Crippen LogP contribution in [0.25, 0.3) is 65.6 Å². The Kier molecular flexibility index (Phi) is 31.3. The van der Waals surface area contributed by atoms with Crippen LogP contribution in [0, 0.1) is 352 Å². The van der Waals surface area contributed by atoms with Crippen molar-refractivity contribution in [3.05, 3.63) is 67.1 Å². The molecule has 32 heteroatoms. The Bertz CT molecular complexity index is 3110. The third kappa shape index (κ3) is 14.0. The minimum absolute atomic E-state index is 0. The Morgan fingerprint density at radius 1 is 0.254 bits per heavy atom. The molecule has 71 heavy (non-hydrogen) atoms. The van der Waals surface area contributed by atoms with Gasteiger partial charge in [0.15, 0.2) is 79.5 Å². The van der Waals surface area contributed by atoms with Crippen LogP contribution in [0.1, 0.15) is 0 Å². The number of aromatic hydroxyl groups is 18. The monoisotopic (exact) mass is 2690 g/mol. The predicted molar refractivity (Wildman–Crippen MR) is 214 cm³/mol. The van der Waals surface area contributed by atoms with Crippen LogP contribution in [-0.4, -0.2) is 102 Å². The standard InChI is InChI=1S/2C13H9NO7.C13H8O8.8Ac/c2*15-5-1-3-7(12(20)10(5)18)14-8-4(9(3)17)2-6(16)11(19)13(8)21;14-5-1-3-7(16)4-2-6(15)9(18)11(20)13(4)21-12(3)10(19)8(5)17;;;;;;;;/h2*1-2,15-16,18-21H,(H,14,17);1-2,14-15,17-20H;;;;;;;;. The summed E-state index contributed by atoms with van der Waals surface area (Å²) in [4.78, 5) is 41.8. The Labute approximate surface area is 678 Å². The molecule has 0 atom stereocenters. The number of hydrogen-bond donors (Lipinski definition) is 20. The first-order chi connectivity index (χ1) is 29.5. The molecule has 3 heterocycles. The summed E-state index contributed by atoms with van der Waals surface area (Å²) in [5, 5.41) is 171. The van der Waals surface area contributed by atoms with Crippen molar-refractivity contribution < 1.29 is 449 Å². The van der Waals surface area contributed by atoms with Gasteiger partial charge in [-0.15, -0.1) is 0 Å². The number of fused-ring (bicyclic) bond motifs is 6. The first kappa shape index (κ1) is 74.7. The van der Waals surface area contributed by atoms with E-state index < -0.39 is 131 Å². The third-order valence-electron chi connectivity index (χ3n) is 9.60. The smallest absolute Gasteiger partial charge is 0.205 e. The van der Waals surface area contributed by atoms with E-state index in [0.29, 0.717) is 0 Å². The van der Waals surface area contributed by atoms with E-state index in [1.807, 2.05) is 0 Å². The summed E-state index contributed by atoms with van der Waals surface area (Å²) in [5.74, 6) is -14.3. The van der Waals surface area contributed by atoms with E-state index in [1.165, 1.54) is 0 Å². The maximum absolute atomic E-state index is 12.3. The second kappa shape index (κ2) is 29.8. The zero-order valence-electron chi connectivity index (χ0n) is 35.3. The molecule has 0 unspecified atom stereocenters. The van der Waals surface area contributed by atoms with Gasteiger partial charge in [0.2, 0.25) is 51.4 Å². The van der Waals surface area contributed by atoms with Crippen molar-refractivity contribution in [2.24, 2.45) is 0 Å². The van der Waals surface area contributed by atoms with Crippen LogP contribution in [0.5, 0.6) is 103 Å². The molecule has 0 amide bonds. The van der Waals surface area contributed by atoms with Crippen LogP contribution < -0.4 is 16.3 Å². The van der Waals surface area contributed by atoms with Crippen molar-refractivity contribution >= 4 is 65.6 Å². The molecular weight excluding hydrogens is 2660 g/mol. The molecule has 0 aliphatic carbocycles. The maximum atomic E-state index is 12.3. The van der Waals surface area contributed by atoms with Gasteiger partial charge in [0.05, 0.1) is 54.4 Å². The predicted octanol–water partition coefficient (Wildman–Crippen LogP) is 3.01. The molecule has 8 radical (unpaired) electrons. The minimum Gasteiger partial charge on any atom is -0.504 e. The largest absolute Gasteiger partial charge is 0.504 e. The minimum atomic E-state index is -0.896. The summed E-state index contributed by atoms with van der Waals surface area (Å²) in [5.41, 5.74) is -4.14. The van der Waals surface area contributed by atoms with Gasteiger partial charge in [0.1, 0.15) is 0 Å². The summed E-state index contributed by atoms with van der Waals surface area (Å²) in [6, 6.07) is 5.48. The van der Waals surface area contributed by atoms with Crippen molar-refractivity contribution in [2.75, 3.05) is 0 Å². The molecule has 24 nitrogen and oxygen atoms in total. The fourth-order valence-electron chi connectivity index (χ4n) is 6.39. The first-order valence-corrected chi connectivity index (χ1v) is 17.0. The van der Waals surface area contributed by atoms with Crippen LogP contribution in [0.3, 0.4) is 0 Å². The molecule has 9 aromatic rings. The first-order valence-electron chi connectivity index (χ1n) is 17.0. The van der Waals surface area contributed by atoms with Gasteiger partial charge < -0.3 is 106 Å². The number of phenols is 18. The van der Waals surface area contributed by atoms with Gasteiger partial charge in [0, 0.05) is 352 Å². The molecular formula is C39H26Ac8N2O22. The molecule has 0 fully saturated rings. The molecule has 0 saturated carbocycles. The van der Waals surface area contributed by atoms with Crippen LogP contribution in [-0.2, 0) is 0 Å². The molecule has 0 aliphatic heterocycles. The zero-order valence-corrected chi connectivity index (χ0v) is 73.2. The van der Waals surface area contributed by atoms with Gasteiger partial charge in [-0.2, -0.15) is 0 Å². The van der Waals surface area contributed by atoms with Crippen molar-refractivity contribution in [2.45, 2.75) is 0 Å². The van der Waals surface area contributed by atoms with E-state index in [-0.39, 0.29) is 407 Å². The number of nitrogens with one attached hydrogen (secondary N) is 2. The Morgan fingerprint density at radius 3 is 0.634 bits per heavy atom. The number of rotatable bonds is 0. The quantitative estimate of drug-likeness (QED) is 0.0766. The van der Waals surface area contributed by atoms with Crippen LogP contribution >= 0.6 is 0 Å². The van der Waals surface area contributed by atoms with Gasteiger partial charge in [-0.1, -0.05) is 0 Å². The number of aromatic nitrogens is 2. The fourth-order valence-corrected chi connectivity index (χ4v) is 6.39. The number of pyridine rings is 2. The van der Waals surface area contributed by atoms with Gasteiger partial charge in [-0.05, 0) is 36.4 Å². The molecule has 20 N–H and O–H groups in total. The molecule has 0 spiro atoms. The van der Waals surface area contributed by atoms with Crippen molar-refractivity contribution in [3.63, 3.8) is 0 Å². The van der Waals surface area contributed by atoms with Crippen LogP contribution in [0.15, 0.2) is 55.2 Å². The summed E-state index contributed by atoms with van der Waals surface area (Å²) in [6.45, 7) is 0.